The van der Waals surface area contributed by atoms with E-state index < -0.39 is 0 Å². The molecule has 0 spiro atoms. The minimum atomic E-state index is -0.104. The number of carbonyl (C=O) groups excluding carboxylic acids is 1. The van der Waals surface area contributed by atoms with Crippen LogP contribution in [0.25, 0.3) is 0 Å². The molecule has 0 N–H and O–H groups in total. The van der Waals surface area contributed by atoms with Crippen LogP contribution in [0.15, 0.2) is 22.8 Å². The highest BCUT2D eigenvalue weighted by molar-refractivity contribution is 5.69. The lowest BCUT2D eigenvalue weighted by molar-refractivity contribution is -0.153. The number of carbonyl (C=O) groups is 1. The van der Waals surface area contributed by atoms with Gasteiger partial charge in [0.1, 0.15) is 11.9 Å². The molecule has 0 bridgehead atoms. The van der Waals surface area contributed by atoms with Crippen LogP contribution in [-0.4, -0.2) is 12.1 Å². The molecule has 3 nitrogen and oxygen atoms in total. The van der Waals surface area contributed by atoms with Crippen molar-refractivity contribution in [1.82, 2.24) is 0 Å². The Bertz CT molecular complexity index is 296. The zero-order valence-electron chi connectivity index (χ0n) is 8.23. The average molecular weight is 194 g/mol. The van der Waals surface area contributed by atoms with E-state index in [0.717, 1.165) is 18.6 Å². The molecule has 0 amide bonds. The summed E-state index contributed by atoms with van der Waals surface area (Å²) < 4.78 is 10.5. The summed E-state index contributed by atoms with van der Waals surface area (Å²) in [5.41, 5.74) is 0. The molecule has 1 aromatic rings. The predicted molar refractivity (Wildman–Crippen MR) is 50.9 cm³/mol. The fourth-order valence-corrected chi connectivity index (χ4v) is 1.69. The molecule has 0 saturated heterocycles. The molecular weight excluding hydrogens is 180 g/mol. The number of hydrogen-bond donors (Lipinski definition) is 0. The fourth-order valence-electron chi connectivity index (χ4n) is 1.69. The predicted octanol–water partition coefficient (Wildman–Crippen LogP) is 2.48. The first-order valence-electron chi connectivity index (χ1n) is 5.02. The maximum Gasteiger partial charge on any atom is 0.305 e. The van der Waals surface area contributed by atoms with Crippen molar-refractivity contribution in [1.29, 1.82) is 0 Å². The Morgan fingerprint density at radius 1 is 1.64 bits per heavy atom. The Kier molecular flexibility index (Phi) is 2.57. The van der Waals surface area contributed by atoms with Crippen molar-refractivity contribution in [3.8, 4) is 0 Å². The standard InChI is InChI=1S/C11H14O3/c1-2-11(12)14-9-6-8(7-9)10-4-3-5-13-10/h3-5,8-9H,2,6-7H2,1H3. The van der Waals surface area contributed by atoms with E-state index in [9.17, 15) is 4.79 Å². The number of ether oxygens (including phenoxy) is 1. The van der Waals surface area contributed by atoms with Gasteiger partial charge in [-0.25, -0.2) is 0 Å². The molecule has 0 aromatic carbocycles. The summed E-state index contributed by atoms with van der Waals surface area (Å²) in [6.07, 6.45) is 4.05. The van der Waals surface area contributed by atoms with Gasteiger partial charge >= 0.3 is 5.97 Å². The summed E-state index contributed by atoms with van der Waals surface area (Å²) in [4.78, 5) is 11.0. The van der Waals surface area contributed by atoms with Gasteiger partial charge in [-0.05, 0) is 25.0 Å². The lowest BCUT2D eigenvalue weighted by Gasteiger charge is -2.33. The average Bonchev–Trinajstić information content (AvgIpc) is 2.62. The Balaban J connectivity index is 1.77. The van der Waals surface area contributed by atoms with Crippen LogP contribution in [0.4, 0.5) is 0 Å². The second-order valence-corrected chi connectivity index (χ2v) is 3.65. The van der Waals surface area contributed by atoms with Crippen molar-refractivity contribution < 1.29 is 13.9 Å². The lowest BCUT2D eigenvalue weighted by atomic mass is 9.80. The lowest BCUT2D eigenvalue weighted by Crippen LogP contribution is -2.31. The van der Waals surface area contributed by atoms with E-state index in [0.29, 0.717) is 12.3 Å². The molecule has 1 aromatic heterocycles. The van der Waals surface area contributed by atoms with Gasteiger partial charge in [-0.3, -0.25) is 4.79 Å². The van der Waals surface area contributed by atoms with Gasteiger partial charge in [0.15, 0.2) is 0 Å². The van der Waals surface area contributed by atoms with Crippen molar-refractivity contribution in [2.24, 2.45) is 0 Å². The highest BCUT2D eigenvalue weighted by Crippen LogP contribution is 2.38. The Hall–Kier alpha value is -1.25. The molecule has 0 atom stereocenters. The number of esters is 1. The van der Waals surface area contributed by atoms with E-state index >= 15 is 0 Å². The van der Waals surface area contributed by atoms with E-state index in [4.69, 9.17) is 9.15 Å². The van der Waals surface area contributed by atoms with E-state index in [1.165, 1.54) is 0 Å². The van der Waals surface area contributed by atoms with Crippen molar-refractivity contribution in [2.75, 3.05) is 0 Å². The molecule has 0 unspecified atom stereocenters. The summed E-state index contributed by atoms with van der Waals surface area (Å²) in [5.74, 6) is 1.35. The Morgan fingerprint density at radius 2 is 2.43 bits per heavy atom. The molecule has 1 saturated carbocycles. The summed E-state index contributed by atoms with van der Waals surface area (Å²) >= 11 is 0. The zero-order valence-corrected chi connectivity index (χ0v) is 8.23. The molecule has 0 aliphatic heterocycles. The maximum atomic E-state index is 11.0. The number of furan rings is 1. The quantitative estimate of drug-likeness (QED) is 0.694. The molecule has 1 aliphatic rings. The fraction of sp³-hybridized carbons (Fsp3) is 0.545. The highest BCUT2D eigenvalue weighted by Gasteiger charge is 2.34. The van der Waals surface area contributed by atoms with Crippen LogP contribution >= 0.6 is 0 Å². The van der Waals surface area contributed by atoms with Gasteiger partial charge in [0.25, 0.3) is 0 Å². The van der Waals surface area contributed by atoms with Crippen molar-refractivity contribution >= 4 is 5.97 Å². The van der Waals surface area contributed by atoms with Gasteiger partial charge in [-0.1, -0.05) is 6.92 Å². The summed E-state index contributed by atoms with van der Waals surface area (Å²) in [6, 6.07) is 3.86. The normalized spacial score (nSPS) is 25.5. The van der Waals surface area contributed by atoms with Crippen LogP contribution < -0.4 is 0 Å². The number of hydrogen-bond acceptors (Lipinski definition) is 3. The third kappa shape index (κ3) is 1.81. The Morgan fingerprint density at radius 3 is 3.00 bits per heavy atom. The van der Waals surface area contributed by atoms with Gasteiger partial charge in [0.2, 0.25) is 0 Å². The zero-order chi connectivity index (χ0) is 9.97. The van der Waals surface area contributed by atoms with Gasteiger partial charge in [0, 0.05) is 12.3 Å². The van der Waals surface area contributed by atoms with Crippen LogP contribution in [0.2, 0.25) is 0 Å². The monoisotopic (exact) mass is 194 g/mol. The van der Waals surface area contributed by atoms with E-state index in [1.807, 2.05) is 19.1 Å². The summed E-state index contributed by atoms with van der Waals surface area (Å²) in [6.45, 7) is 1.81. The smallest absolute Gasteiger partial charge is 0.305 e. The SMILES string of the molecule is CCC(=O)OC1CC(c2ccco2)C1. The molecule has 0 radical (unpaired) electrons. The molecule has 1 heterocycles. The minimum absolute atomic E-state index is 0.104. The topological polar surface area (TPSA) is 39.4 Å². The van der Waals surface area contributed by atoms with Gasteiger partial charge in [-0.15, -0.1) is 0 Å². The number of rotatable bonds is 3. The largest absolute Gasteiger partial charge is 0.469 e. The molecule has 2 rings (SSSR count). The second kappa shape index (κ2) is 3.86. The van der Waals surface area contributed by atoms with Crippen LogP contribution in [0, 0.1) is 0 Å². The molecule has 14 heavy (non-hydrogen) atoms. The molecule has 1 aliphatic carbocycles. The molecule has 76 valence electrons. The first-order valence-corrected chi connectivity index (χ1v) is 5.02. The third-order valence-corrected chi connectivity index (χ3v) is 2.63. The van der Waals surface area contributed by atoms with Crippen molar-refractivity contribution in [3.05, 3.63) is 24.2 Å². The highest BCUT2D eigenvalue weighted by atomic mass is 16.5. The molecule has 3 heteroatoms. The Labute approximate surface area is 83.0 Å². The molecular formula is C11H14O3. The van der Waals surface area contributed by atoms with Crippen LogP contribution in [-0.2, 0) is 9.53 Å². The van der Waals surface area contributed by atoms with Gasteiger partial charge < -0.3 is 9.15 Å². The van der Waals surface area contributed by atoms with Crippen LogP contribution in [0.1, 0.15) is 37.9 Å². The summed E-state index contributed by atoms with van der Waals surface area (Å²) in [7, 11) is 0. The van der Waals surface area contributed by atoms with Gasteiger partial charge in [0.05, 0.1) is 6.26 Å². The minimum Gasteiger partial charge on any atom is -0.469 e. The van der Waals surface area contributed by atoms with E-state index in [-0.39, 0.29) is 12.1 Å². The molecule has 1 fully saturated rings. The first-order chi connectivity index (χ1) is 6.79. The van der Waals surface area contributed by atoms with E-state index in [1.54, 1.807) is 6.26 Å². The van der Waals surface area contributed by atoms with Crippen LogP contribution in [0.5, 0.6) is 0 Å². The van der Waals surface area contributed by atoms with Crippen molar-refractivity contribution in [2.45, 2.75) is 38.2 Å². The van der Waals surface area contributed by atoms with E-state index in [2.05, 4.69) is 0 Å². The van der Waals surface area contributed by atoms with Crippen LogP contribution in [0.3, 0.4) is 0 Å². The first kappa shape index (κ1) is 9.31. The van der Waals surface area contributed by atoms with Crippen molar-refractivity contribution in [3.63, 3.8) is 0 Å². The summed E-state index contributed by atoms with van der Waals surface area (Å²) in [5, 5.41) is 0. The van der Waals surface area contributed by atoms with Gasteiger partial charge in [-0.2, -0.15) is 0 Å². The second-order valence-electron chi connectivity index (χ2n) is 3.65. The third-order valence-electron chi connectivity index (χ3n) is 2.63. The maximum absolute atomic E-state index is 11.0.